The van der Waals surface area contributed by atoms with E-state index in [1.165, 1.54) is 4.52 Å². The number of nitrogens with zero attached hydrogens (tertiary/aromatic N) is 4. The highest BCUT2D eigenvalue weighted by Gasteiger charge is 2.25. The van der Waals surface area contributed by atoms with Gasteiger partial charge in [0, 0.05) is 10.6 Å². The van der Waals surface area contributed by atoms with Crippen molar-refractivity contribution in [3.63, 3.8) is 0 Å². The van der Waals surface area contributed by atoms with Gasteiger partial charge in [0.05, 0.1) is 16.8 Å². The van der Waals surface area contributed by atoms with Crippen molar-refractivity contribution >= 4 is 27.1 Å². The van der Waals surface area contributed by atoms with E-state index in [0.717, 1.165) is 16.7 Å². The van der Waals surface area contributed by atoms with E-state index in [9.17, 15) is 8.42 Å². The lowest BCUT2D eigenvalue weighted by molar-refractivity contribution is 0.586. The molecular formula is C19H15ClN4O2S. The molecule has 0 amide bonds. The van der Waals surface area contributed by atoms with Gasteiger partial charge in [0.2, 0.25) is 14.9 Å². The predicted octanol–water partition coefficient (Wildman–Crippen LogP) is 3.89. The van der Waals surface area contributed by atoms with Crippen LogP contribution in [0.15, 0.2) is 64.6 Å². The molecule has 27 heavy (non-hydrogen) atoms. The Hall–Kier alpha value is -2.77. The Kier molecular flexibility index (Phi) is 4.20. The third-order valence-corrected chi connectivity index (χ3v) is 6.38. The van der Waals surface area contributed by atoms with E-state index in [4.69, 9.17) is 11.6 Å². The van der Waals surface area contributed by atoms with E-state index >= 15 is 0 Å². The molecule has 0 unspecified atom stereocenters. The monoisotopic (exact) mass is 398 g/mol. The lowest BCUT2D eigenvalue weighted by Crippen LogP contribution is -2.12. The summed E-state index contributed by atoms with van der Waals surface area (Å²) in [6.45, 7) is 3.57. The van der Waals surface area contributed by atoms with Crippen LogP contribution in [0.3, 0.4) is 0 Å². The van der Waals surface area contributed by atoms with Gasteiger partial charge in [0.15, 0.2) is 5.65 Å². The molecule has 0 bridgehead atoms. The van der Waals surface area contributed by atoms with Crippen LogP contribution in [0.25, 0.3) is 16.8 Å². The van der Waals surface area contributed by atoms with Gasteiger partial charge in [0.1, 0.15) is 0 Å². The molecule has 0 aliphatic rings. The summed E-state index contributed by atoms with van der Waals surface area (Å²) in [5.74, 6) is 0. The Morgan fingerprint density at radius 3 is 2.26 bits per heavy atom. The molecule has 2 heterocycles. The number of fused-ring (bicyclic) bond motifs is 1. The van der Waals surface area contributed by atoms with Crippen molar-refractivity contribution in [1.29, 1.82) is 0 Å². The average molecular weight is 399 g/mol. The molecule has 6 nitrogen and oxygen atoms in total. The lowest BCUT2D eigenvalue weighted by Gasteiger charge is -2.08. The van der Waals surface area contributed by atoms with Gasteiger partial charge in [-0.2, -0.15) is 5.10 Å². The van der Waals surface area contributed by atoms with Gasteiger partial charge in [-0.1, -0.05) is 41.4 Å². The average Bonchev–Trinajstić information content (AvgIpc) is 3.08. The first-order chi connectivity index (χ1) is 12.9. The molecule has 2 aromatic carbocycles. The smallest absolute Gasteiger partial charge is 0.217 e. The number of halogens is 1. The van der Waals surface area contributed by atoms with Crippen molar-refractivity contribution < 1.29 is 8.42 Å². The third kappa shape index (κ3) is 2.98. The molecule has 0 spiro atoms. The summed E-state index contributed by atoms with van der Waals surface area (Å²) in [5.41, 5.74) is 3.49. The fourth-order valence-electron chi connectivity index (χ4n) is 2.85. The topological polar surface area (TPSA) is 77.2 Å². The molecule has 4 aromatic rings. The molecule has 8 heteroatoms. The van der Waals surface area contributed by atoms with Crippen LogP contribution in [0.5, 0.6) is 0 Å². The summed E-state index contributed by atoms with van der Waals surface area (Å²) in [7, 11) is -3.79. The highest BCUT2D eigenvalue weighted by molar-refractivity contribution is 7.91. The molecule has 0 saturated heterocycles. The maximum Gasteiger partial charge on any atom is 0.227 e. The molecule has 0 aliphatic carbocycles. The van der Waals surface area contributed by atoms with Gasteiger partial charge in [-0.3, -0.25) is 0 Å². The van der Waals surface area contributed by atoms with Gasteiger partial charge in [-0.05, 0) is 43.7 Å². The minimum atomic E-state index is -3.79. The van der Waals surface area contributed by atoms with Crippen LogP contribution in [-0.4, -0.2) is 28.2 Å². The Bertz CT molecular complexity index is 1250. The van der Waals surface area contributed by atoms with Crippen LogP contribution < -0.4 is 0 Å². The normalized spacial score (nSPS) is 11.8. The van der Waals surface area contributed by atoms with Crippen molar-refractivity contribution in [2.75, 3.05) is 0 Å². The van der Waals surface area contributed by atoms with Crippen LogP contribution in [0.4, 0.5) is 0 Å². The molecule has 0 aliphatic heterocycles. The number of hydrogen-bond donors (Lipinski definition) is 0. The minimum Gasteiger partial charge on any atom is -0.217 e. The molecular weight excluding hydrogens is 384 g/mol. The zero-order valence-electron chi connectivity index (χ0n) is 14.6. The van der Waals surface area contributed by atoms with Gasteiger partial charge in [0.25, 0.3) is 0 Å². The zero-order valence-corrected chi connectivity index (χ0v) is 16.2. The van der Waals surface area contributed by atoms with Gasteiger partial charge in [-0.25, -0.2) is 12.9 Å². The number of aromatic nitrogens is 4. The van der Waals surface area contributed by atoms with E-state index in [0.29, 0.717) is 16.4 Å². The summed E-state index contributed by atoms with van der Waals surface area (Å²) in [5, 5.41) is 13.0. The summed E-state index contributed by atoms with van der Waals surface area (Å²) in [4.78, 5) is 0.176. The first kappa shape index (κ1) is 17.6. The van der Waals surface area contributed by atoms with E-state index in [2.05, 4.69) is 15.3 Å². The van der Waals surface area contributed by atoms with Crippen molar-refractivity contribution in [2.24, 2.45) is 0 Å². The van der Waals surface area contributed by atoms with E-state index < -0.39 is 9.84 Å². The fraction of sp³-hybridized carbons (Fsp3) is 0.105. The van der Waals surface area contributed by atoms with Crippen LogP contribution in [-0.2, 0) is 9.84 Å². The maximum absolute atomic E-state index is 13.0. The van der Waals surface area contributed by atoms with Crippen molar-refractivity contribution in [1.82, 2.24) is 19.8 Å². The number of rotatable bonds is 3. The Labute approximate surface area is 161 Å². The standard InChI is InChI=1S/C19H15ClN4O2S/c1-12-3-9-16(10-4-12)27(25,26)19-13(2)24-18(22-23-19)17(11-21-24)14-5-7-15(20)8-6-14/h3-11H,1-2H3. The number of hydrogen-bond acceptors (Lipinski definition) is 5. The fourth-order valence-corrected chi connectivity index (χ4v) is 4.32. The summed E-state index contributed by atoms with van der Waals surface area (Å²) >= 11 is 5.94. The lowest BCUT2D eigenvalue weighted by atomic mass is 10.1. The van der Waals surface area contributed by atoms with Crippen molar-refractivity contribution in [3.05, 3.63) is 71.0 Å². The highest BCUT2D eigenvalue weighted by Crippen LogP contribution is 2.27. The van der Waals surface area contributed by atoms with Crippen LogP contribution >= 0.6 is 11.6 Å². The molecule has 0 radical (unpaired) electrons. The molecule has 136 valence electrons. The minimum absolute atomic E-state index is 0.107. The van der Waals surface area contributed by atoms with Crippen molar-refractivity contribution in [2.45, 2.75) is 23.8 Å². The van der Waals surface area contributed by atoms with Crippen molar-refractivity contribution in [3.8, 4) is 11.1 Å². The summed E-state index contributed by atoms with van der Waals surface area (Å²) in [6.07, 6.45) is 1.64. The maximum atomic E-state index is 13.0. The third-order valence-electron chi connectivity index (χ3n) is 4.35. The molecule has 0 atom stereocenters. The second kappa shape index (κ2) is 6.44. The Morgan fingerprint density at radius 2 is 1.59 bits per heavy atom. The molecule has 0 saturated carbocycles. The number of aryl methyl sites for hydroxylation is 2. The summed E-state index contributed by atoms with van der Waals surface area (Å²) < 4.78 is 27.4. The zero-order chi connectivity index (χ0) is 19.2. The first-order valence-electron chi connectivity index (χ1n) is 8.16. The second-order valence-corrected chi connectivity index (χ2v) is 8.51. The highest BCUT2D eigenvalue weighted by atomic mass is 35.5. The summed E-state index contributed by atoms with van der Waals surface area (Å²) in [6, 6.07) is 13.9. The quantitative estimate of drug-likeness (QED) is 0.523. The van der Waals surface area contributed by atoms with Crippen LogP contribution in [0.2, 0.25) is 5.02 Å². The molecule has 0 fully saturated rings. The van der Waals surface area contributed by atoms with Gasteiger partial charge < -0.3 is 0 Å². The molecule has 4 rings (SSSR count). The van der Waals surface area contributed by atoms with Crippen LogP contribution in [0, 0.1) is 13.8 Å². The molecule has 0 N–H and O–H groups in total. The van der Waals surface area contributed by atoms with Crippen LogP contribution in [0.1, 0.15) is 11.3 Å². The second-order valence-electron chi connectivity index (χ2n) is 6.21. The molecule has 2 aromatic heterocycles. The van der Waals surface area contributed by atoms with Gasteiger partial charge >= 0.3 is 0 Å². The van der Waals surface area contributed by atoms with E-state index in [-0.39, 0.29) is 9.92 Å². The van der Waals surface area contributed by atoms with Gasteiger partial charge in [-0.15, -0.1) is 10.2 Å². The van der Waals surface area contributed by atoms with E-state index in [1.807, 2.05) is 19.1 Å². The largest absolute Gasteiger partial charge is 0.227 e. The number of benzene rings is 2. The predicted molar refractivity (Wildman–Crippen MR) is 103 cm³/mol. The SMILES string of the molecule is Cc1ccc(S(=O)(=O)c2nnc3c(-c4ccc(Cl)cc4)cnn3c2C)cc1. The first-order valence-corrected chi connectivity index (χ1v) is 10.0. The Morgan fingerprint density at radius 1 is 0.926 bits per heavy atom. The van der Waals surface area contributed by atoms with E-state index in [1.54, 1.807) is 49.5 Å². The Balaban J connectivity index is 1.86. The number of sulfone groups is 1.